The second kappa shape index (κ2) is 5.72. The largest absolute Gasteiger partial charge is 0.508 e. The molecule has 0 saturated carbocycles. The molecule has 0 saturated heterocycles. The zero-order valence-corrected chi connectivity index (χ0v) is 12.7. The number of carbonyl (C=O) groups is 1. The van der Waals surface area contributed by atoms with E-state index in [1.807, 2.05) is 0 Å². The zero-order valence-electron chi connectivity index (χ0n) is 12.7. The Balaban J connectivity index is 2.14. The lowest BCUT2D eigenvalue weighted by molar-refractivity contribution is 0.0833. The van der Waals surface area contributed by atoms with E-state index in [-0.39, 0.29) is 46.5 Å². The van der Waals surface area contributed by atoms with Crippen molar-refractivity contribution < 1.29 is 29.2 Å². The van der Waals surface area contributed by atoms with Crippen molar-refractivity contribution in [1.82, 2.24) is 0 Å². The number of ketones is 1. The summed E-state index contributed by atoms with van der Waals surface area (Å²) < 4.78 is 16.2. The molecule has 120 valence electrons. The van der Waals surface area contributed by atoms with E-state index in [1.54, 1.807) is 18.2 Å². The molecule has 0 bridgehead atoms. The first-order valence-electron chi connectivity index (χ1n) is 7.02. The summed E-state index contributed by atoms with van der Waals surface area (Å²) in [6.07, 6.45) is -0.619. The van der Waals surface area contributed by atoms with E-state index < -0.39 is 6.10 Å². The van der Waals surface area contributed by atoms with Crippen molar-refractivity contribution >= 4 is 5.78 Å². The minimum Gasteiger partial charge on any atom is -0.508 e. The first-order valence-corrected chi connectivity index (χ1v) is 7.02. The second-order valence-electron chi connectivity index (χ2n) is 5.13. The van der Waals surface area contributed by atoms with Gasteiger partial charge in [0.2, 0.25) is 5.75 Å². The molecule has 2 aromatic rings. The molecule has 0 aliphatic carbocycles. The maximum absolute atomic E-state index is 12.6. The van der Waals surface area contributed by atoms with Crippen molar-refractivity contribution in [3.8, 4) is 28.7 Å². The summed E-state index contributed by atoms with van der Waals surface area (Å²) in [6, 6.07) is 7.97. The number of phenolic OH excluding ortho intramolecular Hbond substituents is 2. The molecular formula is C17H16O6. The number of carbonyl (C=O) groups excluding carboxylic acids is 1. The standard InChI is InChI=1S/C17H16O6/c1-21-14-8-12(20)16(22-2)17-15(14)11(19)7-13(23-17)9-5-3-4-6-10(9)18/h3-6,8,13,18,20H,7H2,1-2H3. The molecule has 0 spiro atoms. The number of phenols is 2. The molecule has 0 fully saturated rings. The van der Waals surface area contributed by atoms with Gasteiger partial charge in [-0.15, -0.1) is 0 Å². The SMILES string of the molecule is COc1cc(O)c(OC)c2c1C(=O)CC(c1ccccc1O)O2. The summed E-state index contributed by atoms with van der Waals surface area (Å²) in [5.74, 6) is 0.0467. The number of fused-ring (bicyclic) bond motifs is 1. The highest BCUT2D eigenvalue weighted by Crippen LogP contribution is 2.50. The molecule has 1 aliphatic heterocycles. The first-order chi connectivity index (χ1) is 11.1. The van der Waals surface area contributed by atoms with Crippen LogP contribution in [-0.2, 0) is 0 Å². The fourth-order valence-electron chi connectivity index (χ4n) is 2.73. The number of aromatic hydroxyl groups is 2. The van der Waals surface area contributed by atoms with E-state index in [0.717, 1.165) is 0 Å². The van der Waals surface area contributed by atoms with Crippen LogP contribution in [0, 0.1) is 0 Å². The third kappa shape index (κ3) is 2.42. The summed E-state index contributed by atoms with van der Waals surface area (Å²) in [6.45, 7) is 0. The van der Waals surface area contributed by atoms with Gasteiger partial charge in [-0.1, -0.05) is 18.2 Å². The van der Waals surface area contributed by atoms with Crippen molar-refractivity contribution in [2.75, 3.05) is 14.2 Å². The Kier molecular flexibility index (Phi) is 3.73. The highest BCUT2D eigenvalue weighted by Gasteiger charge is 2.35. The molecule has 1 unspecified atom stereocenters. The summed E-state index contributed by atoms with van der Waals surface area (Å²) in [4.78, 5) is 12.6. The van der Waals surface area contributed by atoms with E-state index in [1.165, 1.54) is 26.4 Å². The van der Waals surface area contributed by atoms with Crippen LogP contribution in [0.5, 0.6) is 28.7 Å². The smallest absolute Gasteiger partial charge is 0.204 e. The van der Waals surface area contributed by atoms with Gasteiger partial charge in [0.1, 0.15) is 23.2 Å². The third-order valence-electron chi connectivity index (χ3n) is 3.80. The van der Waals surface area contributed by atoms with E-state index in [9.17, 15) is 15.0 Å². The van der Waals surface area contributed by atoms with Crippen molar-refractivity contribution in [3.05, 3.63) is 41.5 Å². The van der Waals surface area contributed by atoms with Gasteiger partial charge in [0.25, 0.3) is 0 Å². The number of benzene rings is 2. The predicted octanol–water partition coefficient (Wildman–Crippen LogP) is 2.82. The number of hydrogen-bond acceptors (Lipinski definition) is 6. The predicted molar refractivity (Wildman–Crippen MR) is 81.6 cm³/mol. The van der Waals surface area contributed by atoms with Gasteiger partial charge in [0.15, 0.2) is 17.3 Å². The molecule has 0 radical (unpaired) electrons. The van der Waals surface area contributed by atoms with Crippen molar-refractivity contribution in [2.24, 2.45) is 0 Å². The fraction of sp³-hybridized carbons (Fsp3) is 0.235. The Morgan fingerprint density at radius 2 is 1.87 bits per heavy atom. The first kappa shape index (κ1) is 15.0. The van der Waals surface area contributed by atoms with E-state index in [2.05, 4.69) is 0 Å². The molecule has 1 heterocycles. The molecule has 1 aliphatic rings. The van der Waals surface area contributed by atoms with Crippen LogP contribution >= 0.6 is 0 Å². The molecule has 1 atom stereocenters. The molecular weight excluding hydrogens is 300 g/mol. The van der Waals surface area contributed by atoms with Crippen molar-refractivity contribution in [2.45, 2.75) is 12.5 Å². The molecule has 23 heavy (non-hydrogen) atoms. The molecule has 2 N–H and O–H groups in total. The number of para-hydroxylation sites is 1. The number of ether oxygens (including phenoxy) is 3. The third-order valence-corrected chi connectivity index (χ3v) is 3.80. The van der Waals surface area contributed by atoms with Crippen molar-refractivity contribution in [1.29, 1.82) is 0 Å². The van der Waals surface area contributed by atoms with Crippen LogP contribution in [0.15, 0.2) is 30.3 Å². The summed E-state index contributed by atoms with van der Waals surface area (Å²) in [5.41, 5.74) is 0.727. The van der Waals surface area contributed by atoms with Gasteiger partial charge in [-0.25, -0.2) is 0 Å². The van der Waals surface area contributed by atoms with Crippen LogP contribution in [-0.4, -0.2) is 30.2 Å². The second-order valence-corrected chi connectivity index (χ2v) is 5.13. The van der Waals surface area contributed by atoms with E-state index in [4.69, 9.17) is 14.2 Å². The number of rotatable bonds is 3. The summed E-state index contributed by atoms with van der Waals surface area (Å²) in [7, 11) is 2.78. The summed E-state index contributed by atoms with van der Waals surface area (Å²) in [5, 5.41) is 20.0. The molecule has 0 aromatic heterocycles. The normalized spacial score (nSPS) is 16.4. The fourth-order valence-corrected chi connectivity index (χ4v) is 2.73. The van der Waals surface area contributed by atoms with Gasteiger partial charge >= 0.3 is 0 Å². The van der Waals surface area contributed by atoms with E-state index >= 15 is 0 Å². The lowest BCUT2D eigenvalue weighted by Gasteiger charge is -2.28. The molecule has 3 rings (SSSR count). The average molecular weight is 316 g/mol. The average Bonchev–Trinajstić information content (AvgIpc) is 2.54. The van der Waals surface area contributed by atoms with E-state index in [0.29, 0.717) is 5.56 Å². The van der Waals surface area contributed by atoms with Gasteiger partial charge in [-0.2, -0.15) is 0 Å². The number of hydrogen-bond donors (Lipinski definition) is 2. The van der Waals surface area contributed by atoms with Gasteiger partial charge in [-0.3, -0.25) is 4.79 Å². The van der Waals surface area contributed by atoms with Gasteiger partial charge in [0.05, 0.1) is 20.6 Å². The molecule has 2 aromatic carbocycles. The molecule has 0 amide bonds. The Labute approximate surface area is 132 Å². The Morgan fingerprint density at radius 3 is 2.52 bits per heavy atom. The van der Waals surface area contributed by atoms with Crippen molar-refractivity contribution in [3.63, 3.8) is 0 Å². The monoisotopic (exact) mass is 316 g/mol. The van der Waals surface area contributed by atoms with Gasteiger partial charge in [0, 0.05) is 11.6 Å². The zero-order chi connectivity index (χ0) is 16.6. The Bertz CT molecular complexity index is 768. The lowest BCUT2D eigenvalue weighted by Crippen LogP contribution is -2.21. The van der Waals surface area contributed by atoms with Crippen LogP contribution < -0.4 is 14.2 Å². The minimum atomic E-state index is -0.670. The highest BCUT2D eigenvalue weighted by molar-refractivity contribution is 6.04. The van der Waals surface area contributed by atoms with Crippen LogP contribution in [0.2, 0.25) is 0 Å². The van der Waals surface area contributed by atoms with Crippen LogP contribution in [0.4, 0.5) is 0 Å². The van der Waals surface area contributed by atoms with Crippen LogP contribution in [0.1, 0.15) is 28.4 Å². The summed E-state index contributed by atoms with van der Waals surface area (Å²) >= 11 is 0. The quantitative estimate of drug-likeness (QED) is 0.905. The Morgan fingerprint density at radius 1 is 1.13 bits per heavy atom. The molecule has 6 nitrogen and oxygen atoms in total. The van der Waals surface area contributed by atoms with Crippen LogP contribution in [0.25, 0.3) is 0 Å². The maximum atomic E-state index is 12.6. The van der Waals surface area contributed by atoms with Crippen LogP contribution in [0.3, 0.4) is 0 Å². The van der Waals surface area contributed by atoms with Gasteiger partial charge < -0.3 is 24.4 Å². The number of methoxy groups -OCH3 is 2. The highest BCUT2D eigenvalue weighted by atomic mass is 16.5. The minimum absolute atomic E-state index is 0.0415. The van der Waals surface area contributed by atoms with Gasteiger partial charge in [-0.05, 0) is 6.07 Å². The topological polar surface area (TPSA) is 85.2 Å². The Hall–Kier alpha value is -2.89. The lowest BCUT2D eigenvalue weighted by atomic mass is 9.94. The molecule has 6 heteroatoms. The maximum Gasteiger partial charge on any atom is 0.204 e. The number of Topliss-reactive ketones (excluding diaryl/α,β-unsaturated/α-hetero) is 1.